The Hall–Kier alpha value is -1.21. The zero-order valence-corrected chi connectivity index (χ0v) is 9.20. The second-order valence-electron chi connectivity index (χ2n) is 2.84. The standard InChI is InChI=1S/C8H13N5OS/c1-15-5-2-6(9)7(14)12-8-10-3-4-11-13-8/h3-4,6H,2,5,9H2,1H3,(H,10,12,13,14)/t6-/m1/s1. The van der Waals surface area contributed by atoms with Gasteiger partial charge in [0.2, 0.25) is 11.9 Å². The van der Waals surface area contributed by atoms with E-state index in [0.29, 0.717) is 6.42 Å². The van der Waals surface area contributed by atoms with Crippen LogP contribution in [0.5, 0.6) is 0 Å². The number of rotatable bonds is 5. The van der Waals surface area contributed by atoms with Crippen LogP contribution in [0.3, 0.4) is 0 Å². The highest BCUT2D eigenvalue weighted by atomic mass is 32.2. The lowest BCUT2D eigenvalue weighted by atomic mass is 10.2. The molecule has 0 bridgehead atoms. The number of anilines is 1. The molecule has 3 N–H and O–H groups in total. The Morgan fingerprint density at radius 3 is 3.07 bits per heavy atom. The normalized spacial score (nSPS) is 12.1. The number of amides is 1. The minimum Gasteiger partial charge on any atom is -0.320 e. The van der Waals surface area contributed by atoms with Gasteiger partial charge in [-0.3, -0.25) is 10.1 Å². The number of aromatic nitrogens is 3. The quantitative estimate of drug-likeness (QED) is 0.729. The van der Waals surface area contributed by atoms with Crippen molar-refractivity contribution in [1.82, 2.24) is 15.2 Å². The number of hydrogen-bond donors (Lipinski definition) is 2. The molecule has 82 valence electrons. The number of hydrogen-bond acceptors (Lipinski definition) is 6. The molecule has 0 saturated carbocycles. The van der Waals surface area contributed by atoms with Crippen molar-refractivity contribution >= 4 is 23.6 Å². The molecule has 0 unspecified atom stereocenters. The molecule has 1 atom stereocenters. The number of carbonyl (C=O) groups is 1. The summed E-state index contributed by atoms with van der Waals surface area (Å²) in [6, 6.07) is -0.527. The molecule has 0 aliphatic rings. The molecule has 6 nitrogen and oxygen atoms in total. The average Bonchev–Trinajstić information content (AvgIpc) is 2.27. The van der Waals surface area contributed by atoms with Crippen molar-refractivity contribution in [3.63, 3.8) is 0 Å². The number of carbonyl (C=O) groups excluding carboxylic acids is 1. The SMILES string of the molecule is CSCC[C@@H](N)C(=O)Nc1nccnn1. The third kappa shape index (κ3) is 4.22. The minimum atomic E-state index is -0.527. The topological polar surface area (TPSA) is 93.8 Å². The monoisotopic (exact) mass is 227 g/mol. The average molecular weight is 227 g/mol. The van der Waals surface area contributed by atoms with E-state index in [1.54, 1.807) is 11.8 Å². The number of thioether (sulfide) groups is 1. The van der Waals surface area contributed by atoms with Gasteiger partial charge in [0, 0.05) is 0 Å². The summed E-state index contributed by atoms with van der Waals surface area (Å²) in [5, 5.41) is 9.71. The Morgan fingerprint density at radius 2 is 2.47 bits per heavy atom. The zero-order valence-electron chi connectivity index (χ0n) is 8.38. The van der Waals surface area contributed by atoms with E-state index < -0.39 is 6.04 Å². The first kappa shape index (κ1) is 11.9. The van der Waals surface area contributed by atoms with Crippen molar-refractivity contribution in [2.75, 3.05) is 17.3 Å². The van der Waals surface area contributed by atoms with Gasteiger partial charge in [0.15, 0.2) is 0 Å². The molecular weight excluding hydrogens is 214 g/mol. The highest BCUT2D eigenvalue weighted by Crippen LogP contribution is 2.01. The molecule has 1 amide bonds. The molecular formula is C8H13N5OS. The van der Waals surface area contributed by atoms with Crippen LogP contribution in [-0.4, -0.2) is 39.1 Å². The summed E-state index contributed by atoms with van der Waals surface area (Å²) < 4.78 is 0. The Labute approximate surface area is 92.1 Å². The maximum Gasteiger partial charge on any atom is 0.249 e. The predicted octanol–water partition coefficient (Wildman–Crippen LogP) is -0.110. The van der Waals surface area contributed by atoms with Crippen molar-refractivity contribution in [1.29, 1.82) is 0 Å². The third-order valence-corrected chi connectivity index (χ3v) is 2.33. The summed E-state index contributed by atoms with van der Waals surface area (Å²) in [5.41, 5.74) is 5.65. The van der Waals surface area contributed by atoms with Crippen molar-refractivity contribution in [3.8, 4) is 0 Å². The lowest BCUT2D eigenvalue weighted by Gasteiger charge is -2.09. The molecule has 0 aromatic carbocycles. The molecule has 0 spiro atoms. The summed E-state index contributed by atoms with van der Waals surface area (Å²) in [5.74, 6) is 0.752. The first-order chi connectivity index (χ1) is 7.24. The van der Waals surface area contributed by atoms with Crippen LogP contribution in [0.1, 0.15) is 6.42 Å². The van der Waals surface area contributed by atoms with Gasteiger partial charge in [0.1, 0.15) is 0 Å². The fourth-order valence-electron chi connectivity index (χ4n) is 0.884. The second kappa shape index (κ2) is 6.31. The Morgan fingerprint density at radius 1 is 1.67 bits per heavy atom. The second-order valence-corrected chi connectivity index (χ2v) is 3.83. The predicted molar refractivity (Wildman–Crippen MR) is 59.4 cm³/mol. The van der Waals surface area contributed by atoms with Gasteiger partial charge in [-0.25, -0.2) is 4.98 Å². The molecule has 7 heteroatoms. The van der Waals surface area contributed by atoms with Gasteiger partial charge in [-0.05, 0) is 18.4 Å². The van der Waals surface area contributed by atoms with Gasteiger partial charge < -0.3 is 5.73 Å². The smallest absolute Gasteiger partial charge is 0.249 e. The van der Waals surface area contributed by atoms with Crippen LogP contribution >= 0.6 is 11.8 Å². The number of nitrogens with one attached hydrogen (secondary N) is 1. The van der Waals surface area contributed by atoms with Crippen molar-refractivity contribution in [2.45, 2.75) is 12.5 Å². The molecule has 15 heavy (non-hydrogen) atoms. The summed E-state index contributed by atoms with van der Waals surface area (Å²) in [7, 11) is 0. The van der Waals surface area contributed by atoms with E-state index in [9.17, 15) is 4.79 Å². The lowest BCUT2D eigenvalue weighted by molar-refractivity contribution is -0.117. The van der Waals surface area contributed by atoms with Crippen LogP contribution in [0, 0.1) is 0 Å². The summed E-state index contributed by atoms with van der Waals surface area (Å²) in [6.45, 7) is 0. The van der Waals surface area contributed by atoms with E-state index in [2.05, 4.69) is 20.5 Å². The van der Waals surface area contributed by atoms with Crippen LogP contribution in [0.2, 0.25) is 0 Å². The first-order valence-corrected chi connectivity index (χ1v) is 5.82. The van der Waals surface area contributed by atoms with Crippen LogP contribution in [0.15, 0.2) is 12.4 Å². The Kier molecular flexibility index (Phi) is 4.99. The highest BCUT2D eigenvalue weighted by Gasteiger charge is 2.13. The van der Waals surface area contributed by atoms with Gasteiger partial charge in [0.05, 0.1) is 18.4 Å². The van der Waals surface area contributed by atoms with Crippen molar-refractivity contribution in [2.24, 2.45) is 5.73 Å². The number of nitrogens with zero attached hydrogens (tertiary/aromatic N) is 3. The van der Waals surface area contributed by atoms with Crippen LogP contribution in [0.25, 0.3) is 0 Å². The van der Waals surface area contributed by atoms with Crippen LogP contribution in [0.4, 0.5) is 5.95 Å². The Balaban J connectivity index is 2.42. The fourth-order valence-corrected chi connectivity index (χ4v) is 1.37. The van der Waals surface area contributed by atoms with E-state index in [1.807, 2.05) is 6.26 Å². The third-order valence-electron chi connectivity index (χ3n) is 1.69. The highest BCUT2D eigenvalue weighted by molar-refractivity contribution is 7.98. The van der Waals surface area contributed by atoms with Crippen molar-refractivity contribution in [3.05, 3.63) is 12.4 Å². The molecule has 1 heterocycles. The minimum absolute atomic E-state index is 0.183. The van der Waals surface area contributed by atoms with E-state index in [-0.39, 0.29) is 11.9 Å². The molecule has 0 radical (unpaired) electrons. The number of nitrogens with two attached hydrogens (primary N) is 1. The van der Waals surface area contributed by atoms with Gasteiger partial charge in [-0.2, -0.15) is 16.9 Å². The van der Waals surface area contributed by atoms with Gasteiger partial charge >= 0.3 is 0 Å². The molecule has 1 aromatic heterocycles. The molecule has 0 saturated heterocycles. The van der Waals surface area contributed by atoms with E-state index in [0.717, 1.165) is 5.75 Å². The zero-order chi connectivity index (χ0) is 11.1. The van der Waals surface area contributed by atoms with Crippen LogP contribution < -0.4 is 11.1 Å². The van der Waals surface area contributed by atoms with E-state index in [4.69, 9.17) is 5.73 Å². The molecule has 1 aromatic rings. The van der Waals surface area contributed by atoms with Gasteiger partial charge in [-0.1, -0.05) is 0 Å². The maximum atomic E-state index is 11.5. The van der Waals surface area contributed by atoms with Crippen molar-refractivity contribution < 1.29 is 4.79 Å². The molecule has 0 fully saturated rings. The van der Waals surface area contributed by atoms with E-state index in [1.165, 1.54) is 12.4 Å². The molecule has 1 rings (SSSR count). The summed E-state index contributed by atoms with van der Waals surface area (Å²) >= 11 is 1.65. The van der Waals surface area contributed by atoms with Gasteiger partial charge in [0.25, 0.3) is 0 Å². The fraction of sp³-hybridized carbons (Fsp3) is 0.500. The van der Waals surface area contributed by atoms with E-state index >= 15 is 0 Å². The lowest BCUT2D eigenvalue weighted by Crippen LogP contribution is -2.36. The first-order valence-electron chi connectivity index (χ1n) is 4.43. The summed E-state index contributed by atoms with van der Waals surface area (Å²) in [6.07, 6.45) is 5.49. The largest absolute Gasteiger partial charge is 0.320 e. The maximum absolute atomic E-state index is 11.5. The van der Waals surface area contributed by atoms with Gasteiger partial charge in [-0.15, -0.1) is 5.10 Å². The Bertz CT molecular complexity index is 307. The molecule has 0 aliphatic carbocycles. The molecule has 0 aliphatic heterocycles. The van der Waals surface area contributed by atoms with Crippen LogP contribution in [-0.2, 0) is 4.79 Å². The summed E-state index contributed by atoms with van der Waals surface area (Å²) in [4.78, 5) is 15.3.